The molecule has 146 valence electrons. The third-order valence-electron chi connectivity index (χ3n) is 4.65. The molecule has 0 aliphatic carbocycles. The van der Waals surface area contributed by atoms with Gasteiger partial charge in [0.15, 0.2) is 0 Å². The average Bonchev–Trinajstić information content (AvgIpc) is 2.89. The van der Waals surface area contributed by atoms with Crippen LogP contribution in [0.4, 0.5) is 0 Å². The number of halogens is 1. The number of nitrogens with zero attached hydrogens (tertiary/aromatic N) is 2. The Bertz CT molecular complexity index is 941. The third-order valence-corrected chi connectivity index (χ3v) is 4.65. The second kappa shape index (κ2) is 8.30. The lowest BCUT2D eigenvalue weighted by Crippen LogP contribution is -2.41. The summed E-state index contributed by atoms with van der Waals surface area (Å²) in [7, 11) is 1.80. The minimum atomic E-state index is -0.737. The summed E-state index contributed by atoms with van der Waals surface area (Å²) >= 11 is 0. The van der Waals surface area contributed by atoms with Gasteiger partial charge in [-0.15, -0.1) is 12.4 Å². The predicted octanol–water partition coefficient (Wildman–Crippen LogP) is 3.15. The molecule has 2 N–H and O–H groups in total. The van der Waals surface area contributed by atoms with Gasteiger partial charge in [-0.2, -0.15) is 0 Å². The second-order valence-electron chi connectivity index (χ2n) is 7.63. The van der Waals surface area contributed by atoms with Crippen LogP contribution < -0.4 is 11.0 Å². The number of rotatable bonds is 5. The van der Waals surface area contributed by atoms with Crippen LogP contribution in [0.1, 0.15) is 32.4 Å². The number of hydrogen-bond acceptors (Lipinski definition) is 3. The van der Waals surface area contributed by atoms with Crippen LogP contribution in [0.5, 0.6) is 0 Å². The Balaban J connectivity index is 0.00000261. The molecule has 0 aliphatic rings. The number of aliphatic hydroxyl groups excluding tert-OH is 1. The van der Waals surface area contributed by atoms with Gasteiger partial charge in [-0.3, -0.25) is 9.13 Å². The van der Waals surface area contributed by atoms with E-state index in [0.29, 0.717) is 6.54 Å². The van der Waals surface area contributed by atoms with E-state index in [1.165, 1.54) is 0 Å². The van der Waals surface area contributed by atoms with Crippen molar-refractivity contribution in [1.29, 1.82) is 0 Å². The molecule has 2 aromatic carbocycles. The summed E-state index contributed by atoms with van der Waals surface area (Å²) in [5.41, 5.74) is 2.15. The van der Waals surface area contributed by atoms with Gasteiger partial charge in [0.2, 0.25) is 0 Å². The van der Waals surface area contributed by atoms with Gasteiger partial charge < -0.3 is 10.4 Å². The third kappa shape index (κ3) is 3.95. The van der Waals surface area contributed by atoms with Gasteiger partial charge in [0.1, 0.15) is 0 Å². The summed E-state index contributed by atoms with van der Waals surface area (Å²) in [4.78, 5) is 13.5. The van der Waals surface area contributed by atoms with Crippen molar-refractivity contribution in [3.05, 3.63) is 70.6 Å². The topological polar surface area (TPSA) is 59.2 Å². The van der Waals surface area contributed by atoms with Gasteiger partial charge in [0, 0.05) is 12.1 Å². The normalized spacial score (nSPS) is 14.0. The van der Waals surface area contributed by atoms with E-state index < -0.39 is 12.1 Å². The van der Waals surface area contributed by atoms with E-state index in [1.807, 2.05) is 79.9 Å². The Labute approximate surface area is 166 Å². The van der Waals surface area contributed by atoms with E-state index in [0.717, 1.165) is 16.6 Å². The minimum absolute atomic E-state index is 0. The number of imidazole rings is 1. The molecule has 0 fully saturated rings. The van der Waals surface area contributed by atoms with Crippen molar-refractivity contribution in [2.24, 2.45) is 0 Å². The highest BCUT2D eigenvalue weighted by Crippen LogP contribution is 2.28. The zero-order valence-corrected chi connectivity index (χ0v) is 17.0. The van der Waals surface area contributed by atoms with Crippen LogP contribution >= 0.6 is 12.4 Å². The summed E-state index contributed by atoms with van der Waals surface area (Å²) in [6.07, 6.45) is -0.737. The molecule has 6 heteroatoms. The Morgan fingerprint density at radius 1 is 1.00 bits per heavy atom. The van der Waals surface area contributed by atoms with Gasteiger partial charge in [0.05, 0.1) is 23.2 Å². The van der Waals surface area contributed by atoms with E-state index in [2.05, 4.69) is 5.32 Å². The molecule has 0 saturated heterocycles. The molecule has 0 saturated carbocycles. The van der Waals surface area contributed by atoms with Gasteiger partial charge in [-0.05, 0) is 45.5 Å². The number of aromatic nitrogens is 2. The maximum Gasteiger partial charge on any atom is 0.330 e. The lowest BCUT2D eigenvalue weighted by atomic mass is 10.0. The summed E-state index contributed by atoms with van der Waals surface area (Å²) in [6.45, 7) is 6.45. The molecule has 0 spiro atoms. The molecule has 0 radical (unpaired) electrons. The highest BCUT2D eigenvalue weighted by Gasteiger charge is 2.30. The standard InChI is InChI=1S/C21H27N3O2.ClH/c1-21(2,3)24-17-13-9-8-12-16(17)23(20(24)26)19(18(25)14-22-4)15-10-6-5-7-11-15;/h5-13,18-19,22,25H,14H2,1-4H3;1H/t18-,19-;/m0./s1. The van der Waals surface area contributed by atoms with Crippen LogP contribution in [0.25, 0.3) is 11.0 Å². The SMILES string of the molecule is CNC[C@H](O)[C@H](c1ccccc1)n1c(=O)n(C(C)(C)C)c2ccccc21.Cl. The van der Waals surface area contributed by atoms with Crippen LogP contribution in [-0.4, -0.2) is 33.9 Å². The smallest absolute Gasteiger partial charge is 0.330 e. The van der Waals surface area contributed by atoms with E-state index in [1.54, 1.807) is 11.6 Å². The number of nitrogens with one attached hydrogen (secondary N) is 1. The van der Waals surface area contributed by atoms with Crippen LogP contribution in [0.2, 0.25) is 0 Å². The van der Waals surface area contributed by atoms with Gasteiger partial charge in [0.25, 0.3) is 0 Å². The van der Waals surface area contributed by atoms with Crippen molar-refractivity contribution >= 4 is 23.4 Å². The summed E-state index contributed by atoms with van der Waals surface area (Å²) in [5.74, 6) is 0. The van der Waals surface area contributed by atoms with Crippen LogP contribution in [0, 0.1) is 0 Å². The molecule has 1 aromatic heterocycles. The van der Waals surface area contributed by atoms with E-state index in [4.69, 9.17) is 0 Å². The molecular formula is C21H28ClN3O2. The first-order chi connectivity index (χ1) is 12.4. The molecule has 1 heterocycles. The molecule has 3 aromatic rings. The molecule has 27 heavy (non-hydrogen) atoms. The summed E-state index contributed by atoms with van der Waals surface area (Å²) in [6, 6.07) is 17.0. The average molecular weight is 390 g/mol. The first-order valence-corrected chi connectivity index (χ1v) is 8.96. The first kappa shape index (κ1) is 21.2. The van der Waals surface area contributed by atoms with Crippen molar-refractivity contribution in [2.75, 3.05) is 13.6 Å². The number of likely N-dealkylation sites (N-methyl/N-ethyl adjacent to an activating group) is 1. The predicted molar refractivity (Wildman–Crippen MR) is 113 cm³/mol. The van der Waals surface area contributed by atoms with Crippen LogP contribution in [-0.2, 0) is 5.54 Å². The molecular weight excluding hydrogens is 362 g/mol. The van der Waals surface area contributed by atoms with Crippen molar-refractivity contribution < 1.29 is 5.11 Å². The van der Waals surface area contributed by atoms with E-state index in [-0.39, 0.29) is 23.6 Å². The largest absolute Gasteiger partial charge is 0.389 e. The maximum atomic E-state index is 13.5. The van der Waals surface area contributed by atoms with Crippen molar-refractivity contribution in [1.82, 2.24) is 14.5 Å². The number of benzene rings is 2. The Morgan fingerprint density at radius 2 is 1.56 bits per heavy atom. The quantitative estimate of drug-likeness (QED) is 0.704. The minimum Gasteiger partial charge on any atom is -0.389 e. The highest BCUT2D eigenvalue weighted by atomic mass is 35.5. The molecule has 0 amide bonds. The molecule has 0 unspecified atom stereocenters. The van der Waals surface area contributed by atoms with Gasteiger partial charge >= 0.3 is 5.69 Å². The maximum absolute atomic E-state index is 13.5. The van der Waals surface area contributed by atoms with Gasteiger partial charge in [-0.25, -0.2) is 4.79 Å². The van der Waals surface area contributed by atoms with Crippen LogP contribution in [0.15, 0.2) is 59.4 Å². The monoisotopic (exact) mass is 389 g/mol. The fourth-order valence-corrected chi connectivity index (χ4v) is 3.60. The fourth-order valence-electron chi connectivity index (χ4n) is 3.60. The summed E-state index contributed by atoms with van der Waals surface area (Å²) in [5, 5.41) is 13.9. The molecule has 0 bridgehead atoms. The second-order valence-corrected chi connectivity index (χ2v) is 7.63. The zero-order valence-electron chi connectivity index (χ0n) is 16.2. The summed E-state index contributed by atoms with van der Waals surface area (Å²) < 4.78 is 3.54. The zero-order chi connectivity index (χ0) is 18.9. The molecule has 5 nitrogen and oxygen atoms in total. The Hall–Kier alpha value is -2.08. The number of fused-ring (bicyclic) bond motifs is 1. The Kier molecular flexibility index (Phi) is 6.52. The number of aliphatic hydroxyl groups is 1. The number of hydrogen-bond donors (Lipinski definition) is 2. The van der Waals surface area contributed by atoms with E-state index >= 15 is 0 Å². The molecule has 2 atom stereocenters. The Morgan fingerprint density at radius 3 is 2.11 bits per heavy atom. The fraction of sp³-hybridized carbons (Fsp3) is 0.381. The highest BCUT2D eigenvalue weighted by molar-refractivity contribution is 5.85. The van der Waals surface area contributed by atoms with Crippen LogP contribution in [0.3, 0.4) is 0 Å². The molecule has 0 aliphatic heterocycles. The van der Waals surface area contributed by atoms with Crippen molar-refractivity contribution in [2.45, 2.75) is 38.5 Å². The molecule has 3 rings (SSSR count). The first-order valence-electron chi connectivity index (χ1n) is 8.96. The lowest BCUT2D eigenvalue weighted by Gasteiger charge is -2.25. The van der Waals surface area contributed by atoms with Crippen molar-refractivity contribution in [3.8, 4) is 0 Å². The van der Waals surface area contributed by atoms with E-state index in [9.17, 15) is 9.90 Å². The van der Waals surface area contributed by atoms with Gasteiger partial charge in [-0.1, -0.05) is 42.5 Å². The number of para-hydroxylation sites is 2. The lowest BCUT2D eigenvalue weighted by molar-refractivity contribution is 0.129. The van der Waals surface area contributed by atoms with Crippen molar-refractivity contribution in [3.63, 3.8) is 0 Å².